The second kappa shape index (κ2) is 8.45. The number of fused-ring (bicyclic) bond motifs is 1. The van der Waals surface area contributed by atoms with Gasteiger partial charge in [0.2, 0.25) is 0 Å². The van der Waals surface area contributed by atoms with Gasteiger partial charge in [0, 0.05) is 24.8 Å². The van der Waals surface area contributed by atoms with Crippen molar-refractivity contribution in [1.29, 1.82) is 0 Å². The fourth-order valence-electron chi connectivity index (χ4n) is 3.43. The van der Waals surface area contributed by atoms with Crippen LogP contribution in [-0.2, 0) is 16.4 Å². The maximum atomic E-state index is 11.6. The van der Waals surface area contributed by atoms with Crippen molar-refractivity contribution in [3.8, 4) is 5.75 Å². The summed E-state index contributed by atoms with van der Waals surface area (Å²) in [6.07, 6.45) is 2.03. The number of ether oxygens (including phenoxy) is 1. The van der Waals surface area contributed by atoms with Crippen molar-refractivity contribution >= 4 is 15.8 Å². The van der Waals surface area contributed by atoms with Crippen LogP contribution in [0, 0.1) is 0 Å². The van der Waals surface area contributed by atoms with Crippen molar-refractivity contribution in [1.82, 2.24) is 10.6 Å². The first-order chi connectivity index (χ1) is 13.7. The molecule has 0 saturated heterocycles. The molecule has 1 unspecified atom stereocenters. The normalized spacial score (nSPS) is 18.5. The van der Waals surface area contributed by atoms with E-state index >= 15 is 0 Å². The third-order valence-electron chi connectivity index (χ3n) is 4.80. The summed E-state index contributed by atoms with van der Waals surface area (Å²) in [5.74, 6) is 1.62. The number of hydrogen-bond donors (Lipinski definition) is 2. The molecular formula is C22H29N3O3S. The Labute approximate surface area is 173 Å². The highest BCUT2D eigenvalue weighted by Crippen LogP contribution is 2.39. The second-order valence-electron chi connectivity index (χ2n) is 7.91. The van der Waals surface area contributed by atoms with Gasteiger partial charge < -0.3 is 15.4 Å². The molecule has 0 aromatic heterocycles. The third-order valence-corrected chi connectivity index (χ3v) is 5.93. The Morgan fingerprint density at radius 1 is 1.17 bits per heavy atom. The van der Waals surface area contributed by atoms with Gasteiger partial charge in [-0.05, 0) is 44.5 Å². The number of hydrogen-bond acceptors (Lipinski definition) is 4. The highest BCUT2D eigenvalue weighted by Gasteiger charge is 2.33. The molecule has 0 amide bonds. The summed E-state index contributed by atoms with van der Waals surface area (Å²) in [6.45, 7) is 7.40. The molecule has 0 bridgehead atoms. The van der Waals surface area contributed by atoms with Crippen LogP contribution in [0.1, 0.15) is 44.4 Å². The average Bonchev–Trinajstić information content (AvgIpc) is 2.65. The van der Waals surface area contributed by atoms with Crippen LogP contribution in [0.25, 0.3) is 0 Å². The van der Waals surface area contributed by atoms with Crippen molar-refractivity contribution < 1.29 is 13.2 Å². The van der Waals surface area contributed by atoms with Gasteiger partial charge in [0.25, 0.3) is 0 Å². The van der Waals surface area contributed by atoms with E-state index in [1.165, 1.54) is 6.26 Å². The van der Waals surface area contributed by atoms with E-state index in [1.54, 1.807) is 24.3 Å². The average molecular weight is 416 g/mol. The molecular weight excluding hydrogens is 386 g/mol. The molecule has 2 N–H and O–H groups in total. The highest BCUT2D eigenvalue weighted by molar-refractivity contribution is 7.90. The molecule has 1 aliphatic rings. The Morgan fingerprint density at radius 2 is 1.86 bits per heavy atom. The zero-order chi connectivity index (χ0) is 21.1. The first-order valence-electron chi connectivity index (χ1n) is 9.80. The number of nitrogens with zero attached hydrogens (tertiary/aromatic N) is 1. The number of para-hydroxylation sites is 1. The zero-order valence-corrected chi connectivity index (χ0v) is 18.2. The number of benzene rings is 2. The Kier molecular flexibility index (Phi) is 6.17. The lowest BCUT2D eigenvalue weighted by atomic mass is 9.90. The maximum absolute atomic E-state index is 11.6. The standard InChI is InChI=1S/C22H29N3O3S/c1-5-23-21(24-15-16-10-12-17(13-11-16)29(4,26)27)25-19-14-22(2,3)28-20-9-7-6-8-18(19)20/h6-13,19H,5,14-15H2,1-4H3,(H2,23,24,25). The Bertz CT molecular complexity index is 983. The fraction of sp³-hybridized carbons (Fsp3) is 0.409. The Morgan fingerprint density at radius 3 is 2.52 bits per heavy atom. The van der Waals surface area contributed by atoms with Gasteiger partial charge in [-0.2, -0.15) is 0 Å². The molecule has 29 heavy (non-hydrogen) atoms. The summed E-state index contributed by atoms with van der Waals surface area (Å²) < 4.78 is 29.3. The molecule has 6 nitrogen and oxygen atoms in total. The summed E-state index contributed by atoms with van der Waals surface area (Å²) >= 11 is 0. The van der Waals surface area contributed by atoms with Gasteiger partial charge in [-0.3, -0.25) is 0 Å². The zero-order valence-electron chi connectivity index (χ0n) is 17.4. The van der Waals surface area contributed by atoms with Crippen molar-refractivity contribution in [3.63, 3.8) is 0 Å². The van der Waals surface area contributed by atoms with Gasteiger partial charge in [0.15, 0.2) is 15.8 Å². The maximum Gasteiger partial charge on any atom is 0.192 e. The fourth-order valence-corrected chi connectivity index (χ4v) is 4.06. The number of nitrogens with one attached hydrogen (secondary N) is 2. The lowest BCUT2D eigenvalue weighted by Crippen LogP contribution is -2.45. The summed E-state index contributed by atoms with van der Waals surface area (Å²) in [6, 6.07) is 15.0. The number of guanidine groups is 1. The van der Waals surface area contributed by atoms with Gasteiger partial charge in [-0.25, -0.2) is 13.4 Å². The third kappa shape index (κ3) is 5.50. The first-order valence-corrected chi connectivity index (χ1v) is 11.7. The van der Waals surface area contributed by atoms with Crippen LogP contribution in [0.3, 0.4) is 0 Å². The molecule has 0 saturated carbocycles. The van der Waals surface area contributed by atoms with E-state index in [9.17, 15) is 8.42 Å². The van der Waals surface area contributed by atoms with Crippen LogP contribution >= 0.6 is 0 Å². The molecule has 1 aliphatic heterocycles. The topological polar surface area (TPSA) is 79.8 Å². The van der Waals surface area contributed by atoms with Gasteiger partial charge in [-0.15, -0.1) is 0 Å². The first kappa shape index (κ1) is 21.2. The van der Waals surface area contributed by atoms with Crippen LogP contribution in [0.5, 0.6) is 5.75 Å². The van der Waals surface area contributed by atoms with E-state index in [1.807, 2.05) is 25.1 Å². The molecule has 0 aliphatic carbocycles. The van der Waals surface area contributed by atoms with E-state index in [2.05, 4.69) is 30.5 Å². The highest BCUT2D eigenvalue weighted by atomic mass is 32.2. The monoisotopic (exact) mass is 415 g/mol. The van der Waals surface area contributed by atoms with E-state index in [-0.39, 0.29) is 11.6 Å². The summed E-state index contributed by atoms with van der Waals surface area (Å²) in [5.41, 5.74) is 1.79. The van der Waals surface area contributed by atoms with Crippen LogP contribution in [0.2, 0.25) is 0 Å². The minimum Gasteiger partial charge on any atom is -0.487 e. The largest absolute Gasteiger partial charge is 0.487 e. The second-order valence-corrected chi connectivity index (χ2v) is 9.93. The molecule has 0 fully saturated rings. The van der Waals surface area contributed by atoms with E-state index in [0.29, 0.717) is 11.4 Å². The summed E-state index contributed by atoms with van der Waals surface area (Å²) in [7, 11) is -3.19. The van der Waals surface area contributed by atoms with Crippen LogP contribution in [0.4, 0.5) is 0 Å². The lowest BCUT2D eigenvalue weighted by Gasteiger charge is -2.38. The molecule has 0 spiro atoms. The van der Waals surface area contributed by atoms with E-state index < -0.39 is 9.84 Å². The van der Waals surface area contributed by atoms with Crippen LogP contribution < -0.4 is 15.4 Å². The molecule has 156 valence electrons. The van der Waals surface area contributed by atoms with Crippen LogP contribution in [-0.4, -0.2) is 32.8 Å². The van der Waals surface area contributed by atoms with Crippen molar-refractivity contribution in [2.24, 2.45) is 4.99 Å². The molecule has 7 heteroatoms. The minimum absolute atomic E-state index is 0.0837. The number of rotatable bonds is 5. The number of aliphatic imine (C=N–C) groups is 1. The minimum atomic E-state index is -3.19. The SMILES string of the molecule is CCNC(=NCc1ccc(S(C)(=O)=O)cc1)NC1CC(C)(C)Oc2ccccc21. The molecule has 1 heterocycles. The predicted octanol–water partition coefficient (Wildman–Crippen LogP) is 3.45. The number of sulfone groups is 1. The smallest absolute Gasteiger partial charge is 0.192 e. The van der Waals surface area contributed by atoms with Gasteiger partial charge in [-0.1, -0.05) is 30.3 Å². The van der Waals surface area contributed by atoms with E-state index in [0.717, 1.165) is 35.8 Å². The molecule has 1 atom stereocenters. The Balaban J connectivity index is 1.78. The molecule has 2 aromatic rings. The lowest BCUT2D eigenvalue weighted by molar-refractivity contribution is 0.0694. The van der Waals surface area contributed by atoms with Crippen molar-refractivity contribution in [3.05, 3.63) is 59.7 Å². The van der Waals surface area contributed by atoms with Crippen LogP contribution in [0.15, 0.2) is 58.4 Å². The molecule has 3 rings (SSSR count). The molecule has 0 radical (unpaired) electrons. The van der Waals surface area contributed by atoms with Gasteiger partial charge in [0.05, 0.1) is 17.5 Å². The van der Waals surface area contributed by atoms with Crippen molar-refractivity contribution in [2.45, 2.75) is 50.3 Å². The van der Waals surface area contributed by atoms with Gasteiger partial charge >= 0.3 is 0 Å². The van der Waals surface area contributed by atoms with Gasteiger partial charge in [0.1, 0.15) is 11.4 Å². The van der Waals surface area contributed by atoms with E-state index in [4.69, 9.17) is 9.73 Å². The summed E-state index contributed by atoms with van der Waals surface area (Å²) in [5, 5.41) is 6.83. The van der Waals surface area contributed by atoms with Crippen molar-refractivity contribution in [2.75, 3.05) is 12.8 Å². The summed E-state index contributed by atoms with van der Waals surface area (Å²) in [4.78, 5) is 5.01. The Hall–Kier alpha value is -2.54. The molecule has 2 aromatic carbocycles. The predicted molar refractivity (Wildman–Crippen MR) is 116 cm³/mol. The quantitative estimate of drug-likeness (QED) is 0.578.